The summed E-state index contributed by atoms with van der Waals surface area (Å²) in [5, 5.41) is 9.82. The number of hydrogen-bond acceptors (Lipinski definition) is 2. The molecule has 2 aromatic carbocycles. The fourth-order valence-corrected chi connectivity index (χ4v) is 2.62. The van der Waals surface area contributed by atoms with Gasteiger partial charge in [-0.25, -0.2) is 0 Å². The summed E-state index contributed by atoms with van der Waals surface area (Å²) in [7, 11) is 0. The lowest BCUT2D eigenvalue weighted by Crippen LogP contribution is -2.35. The highest BCUT2D eigenvalue weighted by Crippen LogP contribution is 2.32. The van der Waals surface area contributed by atoms with Gasteiger partial charge in [-0.05, 0) is 44.4 Å². The fraction of sp³-hybridized carbons (Fsp3) is 0.316. The minimum absolute atomic E-state index is 0.391. The van der Waals surface area contributed by atoms with Gasteiger partial charge in [-0.3, -0.25) is 4.79 Å². The minimum Gasteiger partial charge on any atom is -0.494 e. The molecule has 116 valence electrons. The maximum Gasteiger partial charge on any atom is 0.314 e. The normalized spacial score (nSPS) is 13.4. The SMILES string of the molecule is CCOc1ccccc1CC(C)(C(=O)O)c1cccc(C)c1. The van der Waals surface area contributed by atoms with Crippen molar-refractivity contribution >= 4 is 5.97 Å². The molecule has 0 aliphatic rings. The summed E-state index contributed by atoms with van der Waals surface area (Å²) in [6, 6.07) is 15.3. The molecule has 1 unspecified atom stereocenters. The molecule has 0 aliphatic heterocycles. The Balaban J connectivity index is 2.44. The minimum atomic E-state index is -0.987. The van der Waals surface area contributed by atoms with E-state index in [1.807, 2.05) is 62.4 Å². The van der Waals surface area contributed by atoms with Crippen molar-refractivity contribution in [2.45, 2.75) is 32.6 Å². The highest BCUT2D eigenvalue weighted by atomic mass is 16.5. The van der Waals surface area contributed by atoms with E-state index in [-0.39, 0.29) is 0 Å². The van der Waals surface area contributed by atoms with Crippen LogP contribution in [0.4, 0.5) is 0 Å². The number of ether oxygens (including phenoxy) is 1. The maximum absolute atomic E-state index is 12.0. The van der Waals surface area contributed by atoms with E-state index in [9.17, 15) is 9.90 Å². The van der Waals surface area contributed by atoms with Gasteiger partial charge in [0.15, 0.2) is 0 Å². The number of carbonyl (C=O) groups is 1. The lowest BCUT2D eigenvalue weighted by atomic mass is 9.77. The first kappa shape index (κ1) is 16.1. The standard InChI is InChI=1S/C19H22O3/c1-4-22-17-11-6-5-9-15(17)13-19(3,18(20)21)16-10-7-8-14(2)12-16/h5-12H,4,13H2,1-3H3,(H,20,21). The van der Waals surface area contributed by atoms with Gasteiger partial charge >= 0.3 is 5.97 Å². The van der Waals surface area contributed by atoms with E-state index >= 15 is 0 Å². The molecule has 2 aromatic rings. The molecule has 22 heavy (non-hydrogen) atoms. The van der Waals surface area contributed by atoms with Crippen LogP contribution in [0.2, 0.25) is 0 Å². The van der Waals surface area contributed by atoms with Gasteiger partial charge < -0.3 is 9.84 Å². The van der Waals surface area contributed by atoms with Gasteiger partial charge in [-0.1, -0.05) is 48.0 Å². The molecular formula is C19H22O3. The summed E-state index contributed by atoms with van der Waals surface area (Å²) in [6.45, 7) is 6.23. The van der Waals surface area contributed by atoms with Crippen LogP contribution in [0.5, 0.6) is 5.75 Å². The second-order valence-electron chi connectivity index (χ2n) is 5.72. The quantitative estimate of drug-likeness (QED) is 0.877. The second-order valence-corrected chi connectivity index (χ2v) is 5.72. The molecule has 1 atom stereocenters. The van der Waals surface area contributed by atoms with Crippen molar-refractivity contribution < 1.29 is 14.6 Å². The zero-order chi connectivity index (χ0) is 16.2. The molecule has 0 bridgehead atoms. The van der Waals surface area contributed by atoms with E-state index in [0.717, 1.165) is 22.4 Å². The molecule has 0 saturated heterocycles. The van der Waals surface area contributed by atoms with Crippen molar-refractivity contribution in [2.75, 3.05) is 6.61 Å². The maximum atomic E-state index is 12.0. The molecule has 0 fully saturated rings. The van der Waals surface area contributed by atoms with Gasteiger partial charge in [0.05, 0.1) is 12.0 Å². The predicted molar refractivity (Wildman–Crippen MR) is 87.5 cm³/mol. The number of hydrogen-bond donors (Lipinski definition) is 1. The highest BCUT2D eigenvalue weighted by Gasteiger charge is 2.36. The van der Waals surface area contributed by atoms with Crippen molar-refractivity contribution in [3.63, 3.8) is 0 Å². The molecule has 1 N–H and O–H groups in total. The van der Waals surface area contributed by atoms with Crippen LogP contribution >= 0.6 is 0 Å². The molecule has 0 aliphatic carbocycles. The number of carboxylic acids is 1. The predicted octanol–water partition coefficient (Wildman–Crippen LogP) is 3.98. The van der Waals surface area contributed by atoms with Crippen LogP contribution in [0.15, 0.2) is 48.5 Å². The number of para-hydroxylation sites is 1. The summed E-state index contributed by atoms with van der Waals surface area (Å²) < 4.78 is 5.63. The van der Waals surface area contributed by atoms with Gasteiger partial charge in [0.25, 0.3) is 0 Å². The summed E-state index contributed by atoms with van der Waals surface area (Å²) >= 11 is 0. The molecule has 2 rings (SSSR count). The van der Waals surface area contributed by atoms with Gasteiger partial charge in [0.2, 0.25) is 0 Å². The Hall–Kier alpha value is -2.29. The van der Waals surface area contributed by atoms with Crippen molar-refractivity contribution in [2.24, 2.45) is 0 Å². The van der Waals surface area contributed by atoms with E-state index in [4.69, 9.17) is 4.74 Å². The van der Waals surface area contributed by atoms with Crippen molar-refractivity contribution in [1.82, 2.24) is 0 Å². The first-order chi connectivity index (χ1) is 10.5. The largest absolute Gasteiger partial charge is 0.494 e. The molecule has 0 spiro atoms. The van der Waals surface area contributed by atoms with Crippen LogP contribution in [0.3, 0.4) is 0 Å². The Labute approximate surface area is 131 Å². The van der Waals surface area contributed by atoms with Crippen molar-refractivity contribution in [3.05, 3.63) is 65.2 Å². The fourth-order valence-electron chi connectivity index (χ4n) is 2.62. The third-order valence-corrected chi connectivity index (χ3v) is 3.94. The lowest BCUT2D eigenvalue weighted by Gasteiger charge is -2.27. The summed E-state index contributed by atoms with van der Waals surface area (Å²) in [5.74, 6) is -0.0745. The first-order valence-electron chi connectivity index (χ1n) is 7.48. The Morgan fingerprint density at radius 2 is 1.91 bits per heavy atom. The number of rotatable bonds is 6. The van der Waals surface area contributed by atoms with E-state index in [0.29, 0.717) is 13.0 Å². The Bertz CT molecular complexity index is 663. The smallest absolute Gasteiger partial charge is 0.314 e. The average molecular weight is 298 g/mol. The molecule has 0 radical (unpaired) electrons. The third kappa shape index (κ3) is 3.30. The molecule has 0 aromatic heterocycles. The zero-order valence-corrected chi connectivity index (χ0v) is 13.3. The van der Waals surface area contributed by atoms with Gasteiger partial charge in [0, 0.05) is 0 Å². The third-order valence-electron chi connectivity index (χ3n) is 3.94. The van der Waals surface area contributed by atoms with E-state index in [1.54, 1.807) is 6.92 Å². The summed E-state index contributed by atoms with van der Waals surface area (Å²) in [5.41, 5.74) is 1.80. The monoisotopic (exact) mass is 298 g/mol. The molecule has 0 amide bonds. The molecular weight excluding hydrogens is 276 g/mol. The highest BCUT2D eigenvalue weighted by molar-refractivity contribution is 5.81. The van der Waals surface area contributed by atoms with E-state index in [1.165, 1.54) is 0 Å². The van der Waals surface area contributed by atoms with E-state index in [2.05, 4.69) is 0 Å². The van der Waals surface area contributed by atoms with Crippen LogP contribution in [0.25, 0.3) is 0 Å². The molecule has 0 heterocycles. The van der Waals surface area contributed by atoms with E-state index < -0.39 is 11.4 Å². The van der Waals surface area contributed by atoms with Crippen LogP contribution < -0.4 is 4.74 Å². The number of aliphatic carboxylic acids is 1. The van der Waals surface area contributed by atoms with Crippen molar-refractivity contribution in [1.29, 1.82) is 0 Å². The molecule has 3 heteroatoms. The van der Waals surface area contributed by atoms with Gasteiger partial charge in [0.1, 0.15) is 5.75 Å². The number of aryl methyl sites for hydroxylation is 1. The first-order valence-corrected chi connectivity index (χ1v) is 7.48. The average Bonchev–Trinajstić information content (AvgIpc) is 2.49. The number of carboxylic acid groups (broad SMARTS) is 1. The summed E-state index contributed by atoms with van der Waals surface area (Å²) in [4.78, 5) is 12.0. The molecule has 3 nitrogen and oxygen atoms in total. The van der Waals surface area contributed by atoms with Gasteiger partial charge in [-0.15, -0.1) is 0 Å². The van der Waals surface area contributed by atoms with Crippen LogP contribution in [-0.2, 0) is 16.6 Å². The van der Waals surface area contributed by atoms with Crippen LogP contribution in [-0.4, -0.2) is 17.7 Å². The lowest BCUT2D eigenvalue weighted by molar-refractivity contribution is -0.143. The van der Waals surface area contributed by atoms with Crippen molar-refractivity contribution in [3.8, 4) is 5.75 Å². The van der Waals surface area contributed by atoms with Gasteiger partial charge in [-0.2, -0.15) is 0 Å². The van der Waals surface area contributed by atoms with Crippen LogP contribution in [0, 0.1) is 6.92 Å². The second kappa shape index (κ2) is 6.65. The Morgan fingerprint density at radius 3 is 2.55 bits per heavy atom. The van der Waals surface area contributed by atoms with Crippen LogP contribution in [0.1, 0.15) is 30.5 Å². The summed E-state index contributed by atoms with van der Waals surface area (Å²) in [6.07, 6.45) is 0.391. The Kier molecular flexibility index (Phi) is 4.86. The topological polar surface area (TPSA) is 46.5 Å². The Morgan fingerprint density at radius 1 is 1.18 bits per heavy atom. The molecule has 0 saturated carbocycles. The zero-order valence-electron chi connectivity index (χ0n) is 13.3. The number of benzene rings is 2.